The molecule has 1 aromatic heterocycles. The summed E-state index contributed by atoms with van der Waals surface area (Å²) in [5.74, 6) is 1.01. The lowest BCUT2D eigenvalue weighted by Gasteiger charge is -2.13. The first-order valence-corrected chi connectivity index (χ1v) is 6.75. The van der Waals surface area contributed by atoms with E-state index >= 15 is 0 Å². The fraction of sp³-hybridized carbons (Fsp3) is 0.231. The van der Waals surface area contributed by atoms with Gasteiger partial charge in [0, 0.05) is 5.02 Å². The van der Waals surface area contributed by atoms with Crippen molar-refractivity contribution in [2.75, 3.05) is 0 Å². The van der Waals surface area contributed by atoms with Crippen LogP contribution in [0.25, 0.3) is 0 Å². The van der Waals surface area contributed by atoms with Gasteiger partial charge in [0.1, 0.15) is 17.2 Å². The second-order valence-electron chi connectivity index (χ2n) is 4.21. The Bertz CT molecular complexity index is 602. The monoisotopic (exact) mass is 316 g/mol. The van der Waals surface area contributed by atoms with Crippen LogP contribution in [0.2, 0.25) is 15.2 Å². The van der Waals surface area contributed by atoms with Crippen molar-refractivity contribution in [2.24, 2.45) is 0 Å². The molecular formula is C13H11Cl3N2O. The first-order chi connectivity index (χ1) is 8.99. The molecule has 0 fully saturated rings. The molecule has 19 heavy (non-hydrogen) atoms. The average Bonchev–Trinajstić information content (AvgIpc) is 2.32. The molecule has 0 amide bonds. The predicted octanol–water partition coefficient (Wildman–Crippen LogP) is 5.35. The highest BCUT2D eigenvalue weighted by atomic mass is 35.5. The average molecular weight is 318 g/mol. The molecule has 0 bridgehead atoms. The van der Waals surface area contributed by atoms with Gasteiger partial charge in [-0.25, -0.2) is 9.97 Å². The van der Waals surface area contributed by atoms with Crippen molar-refractivity contribution < 1.29 is 4.74 Å². The molecular weight excluding hydrogens is 307 g/mol. The molecule has 0 saturated carbocycles. The summed E-state index contributed by atoms with van der Waals surface area (Å²) in [6, 6.07) is 4.99. The van der Waals surface area contributed by atoms with Crippen LogP contribution in [0.1, 0.15) is 25.3 Å². The molecule has 100 valence electrons. The molecule has 0 aliphatic rings. The molecule has 0 saturated heterocycles. The normalized spacial score (nSPS) is 10.8. The molecule has 0 N–H and O–H groups in total. The summed E-state index contributed by atoms with van der Waals surface area (Å²) in [7, 11) is 0. The molecule has 0 atom stereocenters. The third-order valence-corrected chi connectivity index (χ3v) is 3.31. The number of aromatic nitrogens is 2. The molecule has 3 nitrogen and oxygen atoms in total. The molecule has 0 radical (unpaired) electrons. The number of benzene rings is 1. The Morgan fingerprint density at radius 3 is 2.47 bits per heavy atom. The number of hydrogen-bond acceptors (Lipinski definition) is 3. The van der Waals surface area contributed by atoms with Crippen LogP contribution in [0, 0.1) is 0 Å². The van der Waals surface area contributed by atoms with E-state index in [-0.39, 0.29) is 5.92 Å². The van der Waals surface area contributed by atoms with Crippen LogP contribution < -0.4 is 4.74 Å². The highest BCUT2D eigenvalue weighted by Crippen LogP contribution is 2.36. The number of rotatable bonds is 3. The maximum Gasteiger partial charge on any atom is 0.227 e. The van der Waals surface area contributed by atoms with Gasteiger partial charge in [-0.3, -0.25) is 0 Å². The quantitative estimate of drug-likeness (QED) is 0.715. The lowest BCUT2D eigenvalue weighted by atomic mass is 10.1. The van der Waals surface area contributed by atoms with Gasteiger partial charge in [-0.2, -0.15) is 0 Å². The van der Waals surface area contributed by atoms with Crippen molar-refractivity contribution in [1.29, 1.82) is 0 Å². The number of halogens is 3. The molecule has 0 spiro atoms. The van der Waals surface area contributed by atoms with E-state index in [1.54, 1.807) is 18.2 Å². The van der Waals surface area contributed by atoms with Crippen molar-refractivity contribution in [2.45, 2.75) is 19.8 Å². The van der Waals surface area contributed by atoms with Gasteiger partial charge in [-0.05, 0) is 24.1 Å². The van der Waals surface area contributed by atoms with E-state index in [1.165, 1.54) is 6.33 Å². The Kier molecular flexibility index (Phi) is 4.50. The van der Waals surface area contributed by atoms with Gasteiger partial charge < -0.3 is 4.74 Å². The standard InChI is InChI=1S/C13H11Cl3N2O/c1-7(2)11-12(16)17-6-18-13(11)19-10-4-3-8(14)5-9(10)15/h3-7H,1-2H3. The van der Waals surface area contributed by atoms with Crippen molar-refractivity contribution in [3.8, 4) is 11.6 Å². The van der Waals surface area contributed by atoms with Crippen LogP contribution in [0.4, 0.5) is 0 Å². The van der Waals surface area contributed by atoms with Gasteiger partial charge in [0.15, 0.2) is 0 Å². The molecule has 1 aromatic carbocycles. The second-order valence-corrected chi connectivity index (χ2v) is 5.42. The zero-order valence-corrected chi connectivity index (χ0v) is 12.6. The number of hydrogen-bond donors (Lipinski definition) is 0. The summed E-state index contributed by atoms with van der Waals surface area (Å²) in [5, 5.41) is 1.34. The molecule has 0 unspecified atom stereocenters. The number of ether oxygens (including phenoxy) is 1. The van der Waals surface area contributed by atoms with E-state index in [9.17, 15) is 0 Å². The van der Waals surface area contributed by atoms with Gasteiger partial charge in [0.05, 0.1) is 10.6 Å². The van der Waals surface area contributed by atoms with E-state index in [4.69, 9.17) is 39.5 Å². The SMILES string of the molecule is CC(C)c1c(Cl)ncnc1Oc1ccc(Cl)cc1Cl. The zero-order chi connectivity index (χ0) is 14.0. The van der Waals surface area contributed by atoms with Gasteiger partial charge in [-0.1, -0.05) is 48.7 Å². The molecule has 2 rings (SSSR count). The highest BCUT2D eigenvalue weighted by Gasteiger charge is 2.16. The summed E-state index contributed by atoms with van der Waals surface area (Å²) in [6.07, 6.45) is 1.35. The predicted molar refractivity (Wildman–Crippen MR) is 77.7 cm³/mol. The van der Waals surface area contributed by atoms with E-state index in [2.05, 4.69) is 9.97 Å². The van der Waals surface area contributed by atoms with Crippen molar-refractivity contribution >= 4 is 34.8 Å². The van der Waals surface area contributed by atoms with Crippen molar-refractivity contribution in [3.63, 3.8) is 0 Å². The minimum Gasteiger partial charge on any atom is -0.437 e. The molecule has 0 aliphatic carbocycles. The van der Waals surface area contributed by atoms with Crippen LogP contribution in [-0.4, -0.2) is 9.97 Å². The lowest BCUT2D eigenvalue weighted by molar-refractivity contribution is 0.451. The summed E-state index contributed by atoms with van der Waals surface area (Å²) in [6.45, 7) is 3.97. The highest BCUT2D eigenvalue weighted by molar-refractivity contribution is 6.35. The maximum atomic E-state index is 6.07. The van der Waals surface area contributed by atoms with Crippen molar-refractivity contribution in [3.05, 3.63) is 45.3 Å². The Labute approximate surface area is 126 Å². The molecule has 0 aliphatic heterocycles. The fourth-order valence-corrected chi connectivity index (χ4v) is 2.38. The maximum absolute atomic E-state index is 6.07. The van der Waals surface area contributed by atoms with Crippen LogP contribution in [-0.2, 0) is 0 Å². The summed E-state index contributed by atoms with van der Waals surface area (Å²) < 4.78 is 5.71. The van der Waals surface area contributed by atoms with E-state index in [0.717, 1.165) is 5.56 Å². The Balaban J connectivity index is 2.41. The van der Waals surface area contributed by atoms with Crippen LogP contribution in [0.3, 0.4) is 0 Å². The minimum absolute atomic E-state index is 0.134. The van der Waals surface area contributed by atoms with Gasteiger partial charge in [0.2, 0.25) is 5.88 Å². The number of nitrogens with zero attached hydrogens (tertiary/aromatic N) is 2. The largest absolute Gasteiger partial charge is 0.437 e. The molecule has 1 heterocycles. The first-order valence-electron chi connectivity index (χ1n) is 5.62. The Morgan fingerprint density at radius 1 is 1.11 bits per heavy atom. The van der Waals surface area contributed by atoms with Gasteiger partial charge in [0.25, 0.3) is 0 Å². The van der Waals surface area contributed by atoms with E-state index in [0.29, 0.717) is 26.8 Å². The van der Waals surface area contributed by atoms with Crippen LogP contribution in [0.15, 0.2) is 24.5 Å². The van der Waals surface area contributed by atoms with Gasteiger partial charge in [-0.15, -0.1) is 0 Å². The van der Waals surface area contributed by atoms with E-state index < -0.39 is 0 Å². The smallest absolute Gasteiger partial charge is 0.227 e. The topological polar surface area (TPSA) is 35.0 Å². The molecule has 6 heteroatoms. The zero-order valence-electron chi connectivity index (χ0n) is 10.3. The van der Waals surface area contributed by atoms with Gasteiger partial charge >= 0.3 is 0 Å². The first kappa shape index (κ1) is 14.4. The summed E-state index contributed by atoms with van der Waals surface area (Å²) in [4.78, 5) is 8.07. The Morgan fingerprint density at radius 2 is 1.84 bits per heavy atom. The summed E-state index contributed by atoms with van der Waals surface area (Å²) >= 11 is 18.0. The Hall–Kier alpha value is -1.03. The van der Waals surface area contributed by atoms with Crippen LogP contribution in [0.5, 0.6) is 11.6 Å². The van der Waals surface area contributed by atoms with Crippen LogP contribution >= 0.6 is 34.8 Å². The fourth-order valence-electron chi connectivity index (χ4n) is 1.59. The molecule has 2 aromatic rings. The van der Waals surface area contributed by atoms with Crippen molar-refractivity contribution in [1.82, 2.24) is 9.97 Å². The third kappa shape index (κ3) is 3.30. The van der Waals surface area contributed by atoms with E-state index in [1.807, 2.05) is 13.8 Å². The summed E-state index contributed by atoms with van der Waals surface area (Å²) in [5.41, 5.74) is 0.746. The third-order valence-electron chi connectivity index (χ3n) is 2.48. The lowest BCUT2D eigenvalue weighted by Crippen LogP contribution is -1.99. The minimum atomic E-state index is 0.134. The second kappa shape index (κ2) is 5.95.